The highest BCUT2D eigenvalue weighted by Gasteiger charge is 2.40. The summed E-state index contributed by atoms with van der Waals surface area (Å²) in [6.45, 7) is 0. The van der Waals surface area contributed by atoms with Crippen molar-refractivity contribution in [3.05, 3.63) is 101 Å². The third-order valence-corrected chi connectivity index (χ3v) is 6.16. The van der Waals surface area contributed by atoms with Gasteiger partial charge in [-0.3, -0.25) is 9.69 Å². The molecular weight excluding hydrogens is 442 g/mol. The Kier molecular flexibility index (Phi) is 6.68. The Balaban J connectivity index is 1.55. The van der Waals surface area contributed by atoms with Gasteiger partial charge >= 0.3 is 5.97 Å². The summed E-state index contributed by atoms with van der Waals surface area (Å²) in [5.74, 6) is -0.156. The summed E-state index contributed by atoms with van der Waals surface area (Å²) in [5, 5.41) is 9.78. The van der Waals surface area contributed by atoms with E-state index in [9.17, 15) is 14.7 Å². The number of hydrogen-bond donors (Lipinski definition) is 1. The Labute approximate surface area is 195 Å². The molecule has 7 heteroatoms. The standard InChI is InChI=1S/C25H19NO4S2/c27-23-22(16-18-10-7-13-20(14-18)30-19-11-5-2-6-12-19)32-25(31)26(23)21(24(28)29)15-17-8-3-1-4-9-17/h1-14,16,21H,15H2,(H,28,29)/b22-16-/t21-/m1/s1. The van der Waals surface area contributed by atoms with Gasteiger partial charge in [-0.2, -0.15) is 0 Å². The number of thioether (sulfide) groups is 1. The first-order valence-corrected chi connectivity index (χ1v) is 11.1. The highest BCUT2D eigenvalue weighted by molar-refractivity contribution is 8.26. The first kappa shape index (κ1) is 21.8. The summed E-state index contributed by atoms with van der Waals surface area (Å²) in [6, 6.07) is 24.9. The molecule has 1 aliphatic heterocycles. The van der Waals surface area contributed by atoms with Crippen molar-refractivity contribution in [3.63, 3.8) is 0 Å². The zero-order valence-electron chi connectivity index (χ0n) is 16.9. The fraction of sp³-hybridized carbons (Fsp3) is 0.0800. The average molecular weight is 462 g/mol. The molecule has 1 heterocycles. The van der Waals surface area contributed by atoms with Gasteiger partial charge in [0, 0.05) is 6.42 Å². The molecule has 32 heavy (non-hydrogen) atoms. The van der Waals surface area contributed by atoms with Crippen molar-refractivity contribution in [3.8, 4) is 11.5 Å². The Hall–Kier alpha value is -3.42. The number of hydrogen-bond acceptors (Lipinski definition) is 5. The fourth-order valence-electron chi connectivity index (χ4n) is 3.32. The van der Waals surface area contributed by atoms with Crippen molar-refractivity contribution in [2.45, 2.75) is 12.5 Å². The third-order valence-electron chi connectivity index (χ3n) is 4.83. The van der Waals surface area contributed by atoms with Crippen LogP contribution in [0.4, 0.5) is 0 Å². The Morgan fingerprint density at radius 2 is 1.66 bits per heavy atom. The largest absolute Gasteiger partial charge is 0.480 e. The summed E-state index contributed by atoms with van der Waals surface area (Å²) >= 11 is 6.48. The molecule has 0 radical (unpaired) electrons. The highest BCUT2D eigenvalue weighted by Crippen LogP contribution is 2.35. The van der Waals surface area contributed by atoms with E-state index in [0.717, 1.165) is 22.9 Å². The maximum atomic E-state index is 13.1. The minimum Gasteiger partial charge on any atom is -0.480 e. The van der Waals surface area contributed by atoms with Gasteiger partial charge in [-0.15, -0.1) is 0 Å². The number of benzene rings is 3. The van der Waals surface area contributed by atoms with Gasteiger partial charge < -0.3 is 9.84 Å². The van der Waals surface area contributed by atoms with Crippen molar-refractivity contribution in [1.82, 2.24) is 4.90 Å². The quantitative estimate of drug-likeness (QED) is 0.377. The Morgan fingerprint density at radius 1 is 1.00 bits per heavy atom. The molecule has 0 unspecified atom stereocenters. The first-order valence-electron chi connectivity index (χ1n) is 9.88. The van der Waals surface area contributed by atoms with E-state index >= 15 is 0 Å². The molecule has 1 atom stereocenters. The molecule has 1 aliphatic rings. The van der Waals surface area contributed by atoms with Gasteiger partial charge in [0.2, 0.25) is 0 Å². The molecule has 3 aromatic carbocycles. The second-order valence-corrected chi connectivity index (χ2v) is 8.76. The van der Waals surface area contributed by atoms with Crippen LogP contribution in [0.3, 0.4) is 0 Å². The van der Waals surface area contributed by atoms with Crippen LogP contribution in [0.2, 0.25) is 0 Å². The van der Waals surface area contributed by atoms with E-state index in [-0.39, 0.29) is 10.7 Å². The van der Waals surface area contributed by atoms with Gasteiger partial charge in [0.15, 0.2) is 0 Å². The Bertz CT molecular complexity index is 1180. The predicted molar refractivity (Wildman–Crippen MR) is 130 cm³/mol. The Morgan fingerprint density at radius 3 is 2.34 bits per heavy atom. The number of ether oxygens (including phenoxy) is 1. The maximum absolute atomic E-state index is 13.1. The number of aliphatic carboxylic acids is 1. The van der Waals surface area contributed by atoms with Crippen LogP contribution in [-0.2, 0) is 16.0 Å². The van der Waals surface area contributed by atoms with Crippen LogP contribution in [0.15, 0.2) is 89.8 Å². The van der Waals surface area contributed by atoms with Gasteiger partial charge in [-0.1, -0.05) is 84.6 Å². The molecule has 1 fully saturated rings. The summed E-state index contributed by atoms with van der Waals surface area (Å²) in [6.07, 6.45) is 1.88. The SMILES string of the molecule is O=C(O)[C@@H](Cc1ccccc1)N1C(=O)/C(=C/c2cccc(Oc3ccccc3)c2)SC1=S. The van der Waals surface area contributed by atoms with E-state index < -0.39 is 17.9 Å². The van der Waals surface area contributed by atoms with Crippen LogP contribution in [-0.4, -0.2) is 32.2 Å². The van der Waals surface area contributed by atoms with E-state index in [2.05, 4.69) is 0 Å². The number of carboxylic acid groups (broad SMARTS) is 1. The highest BCUT2D eigenvalue weighted by atomic mass is 32.2. The molecule has 0 spiro atoms. The number of rotatable bonds is 7. The van der Waals surface area contributed by atoms with Crippen LogP contribution in [0.1, 0.15) is 11.1 Å². The van der Waals surface area contributed by atoms with Crippen LogP contribution in [0.5, 0.6) is 11.5 Å². The summed E-state index contributed by atoms with van der Waals surface area (Å²) in [7, 11) is 0. The van der Waals surface area contributed by atoms with Gasteiger partial charge in [0.1, 0.15) is 21.9 Å². The normalized spacial score (nSPS) is 15.8. The molecule has 160 valence electrons. The van der Waals surface area contributed by atoms with Crippen molar-refractivity contribution >= 4 is 46.3 Å². The molecule has 0 aliphatic carbocycles. The first-order chi connectivity index (χ1) is 15.5. The van der Waals surface area contributed by atoms with Crippen molar-refractivity contribution in [2.24, 2.45) is 0 Å². The minimum absolute atomic E-state index is 0.177. The van der Waals surface area contributed by atoms with Gasteiger partial charge in [-0.25, -0.2) is 4.79 Å². The lowest BCUT2D eigenvalue weighted by Gasteiger charge is -2.23. The number of para-hydroxylation sites is 1. The number of carboxylic acids is 1. The average Bonchev–Trinajstić information content (AvgIpc) is 3.06. The lowest BCUT2D eigenvalue weighted by atomic mass is 10.0. The molecule has 1 saturated heterocycles. The van der Waals surface area contributed by atoms with Gasteiger partial charge in [0.25, 0.3) is 5.91 Å². The second-order valence-electron chi connectivity index (χ2n) is 7.08. The molecule has 1 N–H and O–H groups in total. The molecule has 1 amide bonds. The van der Waals surface area contributed by atoms with E-state index in [4.69, 9.17) is 17.0 Å². The van der Waals surface area contributed by atoms with Crippen LogP contribution < -0.4 is 4.74 Å². The molecule has 0 aromatic heterocycles. The van der Waals surface area contributed by atoms with Crippen LogP contribution >= 0.6 is 24.0 Å². The van der Waals surface area contributed by atoms with E-state index in [1.54, 1.807) is 6.08 Å². The zero-order valence-corrected chi connectivity index (χ0v) is 18.5. The smallest absolute Gasteiger partial charge is 0.327 e. The predicted octanol–water partition coefficient (Wildman–Crippen LogP) is 5.38. The molecule has 0 bridgehead atoms. The molecule has 3 aromatic rings. The van der Waals surface area contributed by atoms with Crippen LogP contribution in [0.25, 0.3) is 6.08 Å². The van der Waals surface area contributed by atoms with Crippen LogP contribution in [0, 0.1) is 0 Å². The third kappa shape index (κ3) is 5.07. The molecule has 4 rings (SSSR count). The summed E-state index contributed by atoms with van der Waals surface area (Å²) in [4.78, 5) is 26.6. The van der Waals surface area contributed by atoms with E-state index in [1.807, 2.05) is 84.9 Å². The maximum Gasteiger partial charge on any atom is 0.327 e. The monoisotopic (exact) mass is 461 g/mol. The lowest BCUT2D eigenvalue weighted by molar-refractivity contribution is -0.145. The van der Waals surface area contributed by atoms with E-state index in [1.165, 1.54) is 4.90 Å². The van der Waals surface area contributed by atoms with Crippen molar-refractivity contribution in [1.29, 1.82) is 0 Å². The topological polar surface area (TPSA) is 66.8 Å². The van der Waals surface area contributed by atoms with Crippen molar-refractivity contribution in [2.75, 3.05) is 0 Å². The van der Waals surface area contributed by atoms with Gasteiger partial charge in [0.05, 0.1) is 4.91 Å². The molecular formula is C25H19NO4S2. The molecule has 5 nitrogen and oxygen atoms in total. The van der Waals surface area contributed by atoms with Gasteiger partial charge in [-0.05, 0) is 41.5 Å². The second kappa shape index (κ2) is 9.80. The lowest BCUT2D eigenvalue weighted by Crippen LogP contribution is -2.45. The fourth-order valence-corrected chi connectivity index (χ4v) is 4.68. The van der Waals surface area contributed by atoms with E-state index in [0.29, 0.717) is 16.4 Å². The number of nitrogens with zero attached hydrogens (tertiary/aromatic N) is 1. The zero-order chi connectivity index (χ0) is 22.5. The molecule has 0 saturated carbocycles. The summed E-state index contributed by atoms with van der Waals surface area (Å²) < 4.78 is 6.09. The number of carbonyl (C=O) groups is 2. The number of carbonyl (C=O) groups excluding carboxylic acids is 1. The summed E-state index contributed by atoms with van der Waals surface area (Å²) in [5.41, 5.74) is 1.58. The number of thiocarbonyl (C=S) groups is 1. The minimum atomic E-state index is -1.09. The van der Waals surface area contributed by atoms with Crippen molar-refractivity contribution < 1.29 is 19.4 Å². The number of amides is 1.